The van der Waals surface area contributed by atoms with Gasteiger partial charge in [-0.3, -0.25) is 0 Å². The van der Waals surface area contributed by atoms with E-state index < -0.39 is 23.4 Å². The Balaban J connectivity index is 2.02. The van der Waals surface area contributed by atoms with Gasteiger partial charge in [0.1, 0.15) is 0 Å². The van der Waals surface area contributed by atoms with E-state index in [4.69, 9.17) is 0 Å². The molecule has 0 bridgehead atoms. The molecule has 2 aromatic carbocycles. The van der Waals surface area contributed by atoms with Gasteiger partial charge < -0.3 is 5.11 Å². The van der Waals surface area contributed by atoms with E-state index >= 15 is 0 Å². The fourth-order valence-corrected chi connectivity index (χ4v) is 3.86. The van der Waals surface area contributed by atoms with Crippen LogP contribution in [0.1, 0.15) is 60.9 Å². The Kier molecular flexibility index (Phi) is 5.35. The van der Waals surface area contributed by atoms with Gasteiger partial charge in [0, 0.05) is 0 Å². The molecule has 0 spiro atoms. The Morgan fingerprint density at radius 2 is 1.65 bits per heavy atom. The number of carboxylic acids is 1. The molecule has 138 valence electrons. The van der Waals surface area contributed by atoms with Crippen molar-refractivity contribution in [3.8, 4) is 11.1 Å². The Morgan fingerprint density at radius 1 is 1.04 bits per heavy atom. The van der Waals surface area contributed by atoms with Gasteiger partial charge in [0.05, 0.1) is 5.56 Å². The molecule has 0 radical (unpaired) electrons. The molecule has 2 nitrogen and oxygen atoms in total. The van der Waals surface area contributed by atoms with Crippen LogP contribution in [0.15, 0.2) is 30.3 Å². The normalized spacial score (nSPS) is 20.2. The molecular weight excluding hydrogens is 341 g/mol. The van der Waals surface area contributed by atoms with E-state index in [9.17, 15) is 23.1 Å². The Hall–Kier alpha value is -2.30. The average molecular weight is 362 g/mol. The van der Waals surface area contributed by atoms with Crippen molar-refractivity contribution in [2.45, 2.75) is 44.9 Å². The molecule has 3 rings (SSSR count). The van der Waals surface area contributed by atoms with Crippen LogP contribution in [-0.4, -0.2) is 11.1 Å². The first-order valence-electron chi connectivity index (χ1n) is 8.92. The molecular formula is C21H21F3O2. The Labute approximate surface area is 150 Å². The van der Waals surface area contributed by atoms with Crippen LogP contribution in [0.4, 0.5) is 13.2 Å². The highest BCUT2D eigenvalue weighted by molar-refractivity contribution is 5.96. The minimum absolute atomic E-state index is 0.0305. The minimum atomic E-state index is -1.56. The minimum Gasteiger partial charge on any atom is -0.478 e. The van der Waals surface area contributed by atoms with Crippen molar-refractivity contribution < 1.29 is 23.1 Å². The van der Waals surface area contributed by atoms with E-state index in [1.54, 1.807) is 12.1 Å². The number of hydrogen-bond acceptors (Lipinski definition) is 1. The lowest BCUT2D eigenvalue weighted by molar-refractivity contribution is 0.0697. The van der Waals surface area contributed by atoms with Gasteiger partial charge in [0.25, 0.3) is 0 Å². The molecule has 0 saturated heterocycles. The van der Waals surface area contributed by atoms with E-state index in [2.05, 4.69) is 6.92 Å². The van der Waals surface area contributed by atoms with Gasteiger partial charge in [-0.05, 0) is 72.4 Å². The third kappa shape index (κ3) is 3.62. The molecule has 0 amide bonds. The van der Waals surface area contributed by atoms with E-state index in [1.807, 2.05) is 0 Å². The van der Waals surface area contributed by atoms with Crippen LogP contribution in [0.5, 0.6) is 0 Å². The lowest BCUT2D eigenvalue weighted by Crippen LogP contribution is -2.13. The summed E-state index contributed by atoms with van der Waals surface area (Å²) in [6.45, 7) is 2.18. The van der Waals surface area contributed by atoms with Gasteiger partial charge >= 0.3 is 5.97 Å². The molecule has 2 aromatic rings. The summed E-state index contributed by atoms with van der Waals surface area (Å²) in [5.41, 5.74) is 1.15. The monoisotopic (exact) mass is 362 g/mol. The first-order chi connectivity index (χ1) is 12.4. The summed E-state index contributed by atoms with van der Waals surface area (Å²) in [6.07, 6.45) is 5.42. The average Bonchev–Trinajstić information content (AvgIpc) is 2.65. The standard InChI is InChI=1S/C21H21F3O2/c1-2-12-3-5-13(6-4-12)14-7-8-16(21(25)26)17(9-14)15-10-18(22)20(24)19(23)11-15/h7-13H,2-6H2,1H3,(H,25,26)/t12-,13-. The molecule has 1 fully saturated rings. The van der Waals surface area contributed by atoms with Gasteiger partial charge in [0.2, 0.25) is 0 Å². The third-order valence-electron chi connectivity index (χ3n) is 5.46. The van der Waals surface area contributed by atoms with E-state index in [0.29, 0.717) is 5.92 Å². The van der Waals surface area contributed by atoms with Crippen molar-refractivity contribution in [3.05, 3.63) is 58.9 Å². The molecule has 0 aromatic heterocycles. The summed E-state index contributed by atoms with van der Waals surface area (Å²) >= 11 is 0. The highest BCUT2D eigenvalue weighted by Crippen LogP contribution is 2.39. The highest BCUT2D eigenvalue weighted by atomic mass is 19.2. The molecule has 5 heteroatoms. The predicted molar refractivity (Wildman–Crippen MR) is 93.7 cm³/mol. The maximum Gasteiger partial charge on any atom is 0.336 e. The Morgan fingerprint density at radius 3 is 2.19 bits per heavy atom. The number of carboxylic acid groups (broad SMARTS) is 1. The van der Waals surface area contributed by atoms with Crippen molar-refractivity contribution in [3.63, 3.8) is 0 Å². The summed E-state index contributed by atoms with van der Waals surface area (Å²) in [5, 5.41) is 9.43. The second-order valence-corrected chi connectivity index (χ2v) is 6.99. The van der Waals surface area contributed by atoms with Crippen LogP contribution in [-0.2, 0) is 0 Å². The van der Waals surface area contributed by atoms with E-state index in [-0.39, 0.29) is 16.7 Å². The van der Waals surface area contributed by atoms with Crippen LogP contribution in [0.2, 0.25) is 0 Å². The summed E-state index contributed by atoms with van der Waals surface area (Å²) in [7, 11) is 0. The number of carbonyl (C=O) groups is 1. The SMILES string of the molecule is CC[C@H]1CC[C@H](c2ccc(C(=O)O)c(-c3cc(F)c(F)c(F)c3)c2)CC1. The topological polar surface area (TPSA) is 37.3 Å². The molecule has 0 atom stereocenters. The summed E-state index contributed by atoms with van der Waals surface area (Å²) < 4.78 is 40.5. The quantitative estimate of drug-likeness (QED) is 0.662. The smallest absolute Gasteiger partial charge is 0.336 e. The fraction of sp³-hybridized carbons (Fsp3) is 0.381. The van der Waals surface area contributed by atoms with Crippen molar-refractivity contribution in [1.29, 1.82) is 0 Å². The molecule has 26 heavy (non-hydrogen) atoms. The summed E-state index contributed by atoms with van der Waals surface area (Å²) in [4.78, 5) is 11.5. The lowest BCUT2D eigenvalue weighted by atomic mass is 9.77. The van der Waals surface area contributed by atoms with Gasteiger partial charge in [-0.1, -0.05) is 25.5 Å². The van der Waals surface area contributed by atoms with Crippen molar-refractivity contribution in [1.82, 2.24) is 0 Å². The first-order valence-corrected chi connectivity index (χ1v) is 8.92. The van der Waals surface area contributed by atoms with Crippen molar-refractivity contribution in [2.75, 3.05) is 0 Å². The molecule has 0 unspecified atom stereocenters. The van der Waals surface area contributed by atoms with Crippen LogP contribution >= 0.6 is 0 Å². The molecule has 1 aliphatic rings. The first kappa shape index (κ1) is 18.5. The molecule has 1 saturated carbocycles. The largest absolute Gasteiger partial charge is 0.478 e. The zero-order chi connectivity index (χ0) is 18.8. The predicted octanol–water partition coefficient (Wildman–Crippen LogP) is 6.15. The van der Waals surface area contributed by atoms with Crippen LogP contribution in [0.3, 0.4) is 0 Å². The van der Waals surface area contributed by atoms with E-state index in [0.717, 1.165) is 55.7 Å². The summed E-state index contributed by atoms with van der Waals surface area (Å²) in [6, 6.07) is 6.63. The number of benzene rings is 2. The van der Waals surface area contributed by atoms with Crippen LogP contribution in [0.25, 0.3) is 11.1 Å². The molecule has 1 N–H and O–H groups in total. The van der Waals surface area contributed by atoms with E-state index in [1.165, 1.54) is 6.07 Å². The van der Waals surface area contributed by atoms with Gasteiger partial charge in [-0.15, -0.1) is 0 Å². The van der Waals surface area contributed by atoms with Gasteiger partial charge in [-0.2, -0.15) is 0 Å². The number of aromatic carboxylic acids is 1. The molecule has 0 aliphatic heterocycles. The fourth-order valence-electron chi connectivity index (χ4n) is 3.86. The van der Waals surface area contributed by atoms with Crippen LogP contribution in [0, 0.1) is 23.4 Å². The maximum absolute atomic E-state index is 13.6. The number of halogens is 3. The zero-order valence-electron chi connectivity index (χ0n) is 14.6. The second-order valence-electron chi connectivity index (χ2n) is 6.99. The second kappa shape index (κ2) is 7.52. The Bertz CT molecular complexity index is 801. The van der Waals surface area contributed by atoms with Gasteiger partial charge in [0.15, 0.2) is 17.5 Å². The maximum atomic E-state index is 13.6. The summed E-state index contributed by atoms with van der Waals surface area (Å²) in [5.74, 6) is -4.37. The van der Waals surface area contributed by atoms with Crippen LogP contribution < -0.4 is 0 Å². The number of rotatable bonds is 4. The molecule has 0 heterocycles. The highest BCUT2D eigenvalue weighted by Gasteiger charge is 2.23. The zero-order valence-corrected chi connectivity index (χ0v) is 14.6. The lowest BCUT2D eigenvalue weighted by Gasteiger charge is -2.28. The third-order valence-corrected chi connectivity index (χ3v) is 5.46. The van der Waals surface area contributed by atoms with Crippen molar-refractivity contribution >= 4 is 5.97 Å². The van der Waals surface area contributed by atoms with Crippen molar-refractivity contribution in [2.24, 2.45) is 5.92 Å². The molecule has 1 aliphatic carbocycles. The number of hydrogen-bond donors (Lipinski definition) is 1. The van der Waals surface area contributed by atoms with Gasteiger partial charge in [-0.25, -0.2) is 18.0 Å².